The lowest BCUT2D eigenvalue weighted by Gasteiger charge is -2.47. The average Bonchev–Trinajstić information content (AvgIpc) is 2.76. The molecule has 1 saturated carbocycles. The van der Waals surface area contributed by atoms with Crippen molar-refractivity contribution in [2.24, 2.45) is 23.7 Å². The van der Waals surface area contributed by atoms with E-state index >= 15 is 0 Å². The summed E-state index contributed by atoms with van der Waals surface area (Å²) >= 11 is 0. The van der Waals surface area contributed by atoms with Crippen molar-refractivity contribution in [3.63, 3.8) is 0 Å². The molecular formula is C26H38N2O4. The summed E-state index contributed by atoms with van der Waals surface area (Å²) in [6, 6.07) is 6.29. The normalized spacial score (nSPS) is 27.6. The summed E-state index contributed by atoms with van der Waals surface area (Å²) < 4.78 is 17.2. The molecule has 1 fully saturated rings. The highest BCUT2D eigenvalue weighted by molar-refractivity contribution is 5.72. The van der Waals surface area contributed by atoms with Gasteiger partial charge in [0.05, 0.1) is 20.3 Å². The molecule has 0 N–H and O–H groups in total. The highest BCUT2D eigenvalue weighted by Crippen LogP contribution is 2.46. The standard InChI is InChI=1S/C26H38N2O4/c1-16(2)20-9-8-18(5)12-22(20)32-25(29)28-11-10-19-13-23(30-6)24(31-7)14-21(19)26(28,15-27)17(3)4/h13-14,16-18,20,22H,8-12H2,1-7H3/t18-,20+,22-,26-/m1/s1. The Morgan fingerprint density at radius 1 is 1.16 bits per heavy atom. The van der Waals surface area contributed by atoms with Crippen LogP contribution >= 0.6 is 0 Å². The van der Waals surface area contributed by atoms with Gasteiger partial charge in [0.2, 0.25) is 0 Å². The maximum atomic E-state index is 13.6. The Labute approximate surface area is 192 Å². The number of nitriles is 1. The molecule has 1 heterocycles. The lowest BCUT2D eigenvalue weighted by atomic mass is 9.74. The molecule has 176 valence electrons. The Hall–Kier alpha value is -2.42. The summed E-state index contributed by atoms with van der Waals surface area (Å²) in [5.41, 5.74) is 0.680. The molecule has 0 bridgehead atoms. The first-order valence-corrected chi connectivity index (χ1v) is 11.8. The Morgan fingerprint density at radius 2 is 1.81 bits per heavy atom. The quantitative estimate of drug-likeness (QED) is 0.599. The fourth-order valence-corrected chi connectivity index (χ4v) is 5.59. The molecule has 6 heteroatoms. The number of nitrogens with zero attached hydrogens (tertiary/aromatic N) is 2. The largest absolute Gasteiger partial charge is 0.493 e. The highest BCUT2D eigenvalue weighted by Gasteiger charge is 2.50. The van der Waals surface area contributed by atoms with Crippen LogP contribution in [0, 0.1) is 35.0 Å². The molecule has 0 unspecified atom stereocenters. The summed E-state index contributed by atoms with van der Waals surface area (Å²) in [4.78, 5) is 15.3. The van der Waals surface area contributed by atoms with Crippen LogP contribution in [-0.2, 0) is 16.7 Å². The van der Waals surface area contributed by atoms with Crippen LogP contribution in [0.3, 0.4) is 0 Å². The van der Waals surface area contributed by atoms with Crippen molar-refractivity contribution >= 4 is 6.09 Å². The summed E-state index contributed by atoms with van der Waals surface area (Å²) in [5.74, 6) is 2.39. The van der Waals surface area contributed by atoms with E-state index in [1.807, 2.05) is 26.0 Å². The third-order valence-electron chi connectivity index (χ3n) is 7.49. The zero-order chi connectivity index (χ0) is 23.6. The molecule has 1 aliphatic heterocycles. The molecule has 1 aromatic carbocycles. The number of fused-ring (bicyclic) bond motifs is 1. The average molecular weight is 443 g/mol. The van der Waals surface area contributed by atoms with Crippen molar-refractivity contribution < 1.29 is 19.0 Å². The van der Waals surface area contributed by atoms with Gasteiger partial charge in [-0.25, -0.2) is 4.79 Å². The van der Waals surface area contributed by atoms with Crippen LogP contribution in [0.15, 0.2) is 12.1 Å². The molecule has 1 aliphatic carbocycles. The van der Waals surface area contributed by atoms with Gasteiger partial charge in [0.15, 0.2) is 17.0 Å². The molecule has 2 aliphatic rings. The van der Waals surface area contributed by atoms with Crippen molar-refractivity contribution in [1.29, 1.82) is 5.26 Å². The number of hydrogen-bond donors (Lipinski definition) is 0. The minimum Gasteiger partial charge on any atom is -0.493 e. The van der Waals surface area contributed by atoms with Gasteiger partial charge in [-0.1, -0.05) is 41.0 Å². The third kappa shape index (κ3) is 4.14. The Bertz CT molecular complexity index is 875. The first-order chi connectivity index (χ1) is 15.2. The Morgan fingerprint density at radius 3 is 2.38 bits per heavy atom. The predicted octanol–water partition coefficient (Wildman–Crippen LogP) is 5.53. The maximum Gasteiger partial charge on any atom is 0.411 e. The first kappa shape index (κ1) is 24.2. The Kier molecular flexibility index (Phi) is 7.27. The number of rotatable bonds is 5. The molecule has 0 aromatic heterocycles. The van der Waals surface area contributed by atoms with E-state index < -0.39 is 5.54 Å². The van der Waals surface area contributed by atoms with Crippen LogP contribution in [0.25, 0.3) is 0 Å². The van der Waals surface area contributed by atoms with Crippen LogP contribution in [-0.4, -0.2) is 37.9 Å². The number of carbonyl (C=O) groups is 1. The Balaban J connectivity index is 2.00. The maximum absolute atomic E-state index is 13.6. The van der Waals surface area contributed by atoms with Crippen LogP contribution in [0.5, 0.6) is 11.5 Å². The van der Waals surface area contributed by atoms with E-state index in [1.54, 1.807) is 19.1 Å². The van der Waals surface area contributed by atoms with Crippen molar-refractivity contribution in [1.82, 2.24) is 4.90 Å². The van der Waals surface area contributed by atoms with Gasteiger partial charge < -0.3 is 14.2 Å². The number of methoxy groups -OCH3 is 2. The number of ether oxygens (including phenoxy) is 3. The van der Waals surface area contributed by atoms with Gasteiger partial charge in [-0.3, -0.25) is 4.90 Å². The van der Waals surface area contributed by atoms with Crippen LogP contribution in [0.4, 0.5) is 4.79 Å². The summed E-state index contributed by atoms with van der Waals surface area (Å²) in [6.07, 6.45) is 3.27. The zero-order valence-corrected chi connectivity index (χ0v) is 20.6. The molecule has 6 nitrogen and oxygen atoms in total. The first-order valence-electron chi connectivity index (χ1n) is 11.8. The van der Waals surface area contributed by atoms with Gasteiger partial charge in [0.25, 0.3) is 0 Å². The topological polar surface area (TPSA) is 71.8 Å². The van der Waals surface area contributed by atoms with Crippen molar-refractivity contribution in [2.45, 2.75) is 71.9 Å². The van der Waals surface area contributed by atoms with Crippen LogP contribution in [0.2, 0.25) is 0 Å². The van der Waals surface area contributed by atoms with E-state index in [-0.39, 0.29) is 18.1 Å². The molecule has 3 rings (SSSR count). The van der Waals surface area contributed by atoms with Crippen LogP contribution in [0.1, 0.15) is 65.0 Å². The SMILES string of the molecule is COc1cc2c(cc1OC)[C@@](C#N)(C(C)C)N(C(=O)O[C@@H]1C[C@H](C)CC[C@H]1C(C)C)CC2. The van der Waals surface area contributed by atoms with Gasteiger partial charge in [0.1, 0.15) is 6.10 Å². The molecule has 1 aromatic rings. The minimum atomic E-state index is -1.13. The fourth-order valence-electron chi connectivity index (χ4n) is 5.59. The summed E-state index contributed by atoms with van der Waals surface area (Å²) in [7, 11) is 3.19. The van der Waals surface area contributed by atoms with E-state index in [9.17, 15) is 10.1 Å². The van der Waals surface area contributed by atoms with Crippen molar-refractivity contribution in [2.75, 3.05) is 20.8 Å². The zero-order valence-electron chi connectivity index (χ0n) is 20.6. The highest BCUT2D eigenvalue weighted by atomic mass is 16.6. The third-order valence-corrected chi connectivity index (χ3v) is 7.49. The number of benzene rings is 1. The smallest absolute Gasteiger partial charge is 0.411 e. The van der Waals surface area contributed by atoms with Gasteiger partial charge in [-0.05, 0) is 66.2 Å². The van der Waals surface area contributed by atoms with Gasteiger partial charge in [-0.15, -0.1) is 0 Å². The summed E-state index contributed by atoms with van der Waals surface area (Å²) in [5, 5.41) is 10.5. The number of amides is 1. The lowest BCUT2D eigenvalue weighted by Crippen LogP contribution is -2.56. The van der Waals surface area contributed by atoms with E-state index in [4.69, 9.17) is 14.2 Å². The summed E-state index contributed by atoms with van der Waals surface area (Å²) in [6.45, 7) is 11.0. The molecule has 32 heavy (non-hydrogen) atoms. The lowest BCUT2D eigenvalue weighted by molar-refractivity contribution is -0.0288. The molecule has 0 saturated heterocycles. The van der Waals surface area contributed by atoms with Crippen LogP contribution < -0.4 is 9.47 Å². The van der Waals surface area contributed by atoms with Gasteiger partial charge in [0, 0.05) is 6.54 Å². The molecular weight excluding hydrogens is 404 g/mol. The predicted molar refractivity (Wildman–Crippen MR) is 124 cm³/mol. The molecule has 4 atom stereocenters. The van der Waals surface area contributed by atoms with Crippen molar-refractivity contribution in [3.05, 3.63) is 23.3 Å². The minimum absolute atomic E-state index is 0.110. The molecule has 0 radical (unpaired) electrons. The second kappa shape index (κ2) is 9.60. The number of hydrogen-bond acceptors (Lipinski definition) is 5. The van der Waals surface area contributed by atoms with E-state index in [0.717, 1.165) is 24.0 Å². The fraction of sp³-hybridized carbons (Fsp3) is 0.692. The van der Waals surface area contributed by atoms with E-state index in [1.165, 1.54) is 6.42 Å². The number of carbonyl (C=O) groups excluding carboxylic acids is 1. The van der Waals surface area contributed by atoms with Crippen molar-refractivity contribution in [3.8, 4) is 17.6 Å². The molecule has 1 amide bonds. The molecule has 0 spiro atoms. The monoisotopic (exact) mass is 442 g/mol. The van der Waals surface area contributed by atoms with E-state index in [2.05, 4.69) is 26.8 Å². The second-order valence-electron chi connectivity index (χ2n) is 10.0. The second-order valence-corrected chi connectivity index (χ2v) is 10.0. The van der Waals surface area contributed by atoms with Gasteiger partial charge in [-0.2, -0.15) is 5.26 Å². The van der Waals surface area contributed by atoms with Gasteiger partial charge >= 0.3 is 6.09 Å². The van der Waals surface area contributed by atoms with E-state index in [0.29, 0.717) is 42.2 Å².